The summed E-state index contributed by atoms with van der Waals surface area (Å²) in [6.45, 7) is 6.45. The highest BCUT2D eigenvalue weighted by atomic mass is 127. The number of hydrogen-bond donors (Lipinski definition) is 1. The first-order chi connectivity index (χ1) is 13.8. The first kappa shape index (κ1) is 23.5. The SMILES string of the molecule is CC(C)CNC(=O)C(C)N(Cc1cccc(Cl)c1)C(=O)COc1ccc(I)cc1. The lowest BCUT2D eigenvalue weighted by molar-refractivity contribution is -0.142. The van der Waals surface area contributed by atoms with Gasteiger partial charge in [0.25, 0.3) is 5.91 Å². The highest BCUT2D eigenvalue weighted by molar-refractivity contribution is 14.1. The standard InChI is InChI=1S/C22H26ClIN2O3/c1-15(2)12-25-22(28)16(3)26(13-17-5-4-6-18(23)11-17)21(27)14-29-20-9-7-19(24)8-10-20/h4-11,15-16H,12-14H2,1-3H3,(H,25,28). The van der Waals surface area contributed by atoms with Crippen molar-refractivity contribution < 1.29 is 14.3 Å². The summed E-state index contributed by atoms with van der Waals surface area (Å²) in [4.78, 5) is 27.1. The van der Waals surface area contributed by atoms with Crippen LogP contribution >= 0.6 is 34.2 Å². The first-order valence-electron chi connectivity index (χ1n) is 9.46. The Balaban J connectivity index is 2.12. The van der Waals surface area contributed by atoms with Crippen LogP contribution < -0.4 is 10.1 Å². The van der Waals surface area contributed by atoms with Crippen molar-refractivity contribution >= 4 is 46.0 Å². The summed E-state index contributed by atoms with van der Waals surface area (Å²) in [6, 6.07) is 14.1. The van der Waals surface area contributed by atoms with Crippen LogP contribution in [0.1, 0.15) is 26.3 Å². The fraction of sp³-hybridized carbons (Fsp3) is 0.364. The van der Waals surface area contributed by atoms with Crippen molar-refractivity contribution in [3.63, 3.8) is 0 Å². The van der Waals surface area contributed by atoms with Gasteiger partial charge in [-0.15, -0.1) is 0 Å². The molecule has 2 rings (SSSR count). The summed E-state index contributed by atoms with van der Waals surface area (Å²) in [7, 11) is 0. The average Bonchev–Trinajstić information content (AvgIpc) is 2.69. The van der Waals surface area contributed by atoms with Gasteiger partial charge >= 0.3 is 0 Å². The van der Waals surface area contributed by atoms with Crippen LogP contribution in [0.2, 0.25) is 5.02 Å². The molecule has 7 heteroatoms. The molecule has 0 aliphatic rings. The van der Waals surface area contributed by atoms with Crippen LogP contribution in [0.15, 0.2) is 48.5 Å². The molecule has 0 spiro atoms. The molecule has 0 fully saturated rings. The van der Waals surface area contributed by atoms with Gasteiger partial charge in [-0.3, -0.25) is 9.59 Å². The Morgan fingerprint density at radius 3 is 2.45 bits per heavy atom. The van der Waals surface area contributed by atoms with Crippen molar-refractivity contribution in [2.24, 2.45) is 5.92 Å². The lowest BCUT2D eigenvalue weighted by atomic mass is 10.1. The number of hydrogen-bond acceptors (Lipinski definition) is 3. The molecule has 29 heavy (non-hydrogen) atoms. The van der Waals surface area contributed by atoms with Gasteiger partial charge < -0.3 is 15.0 Å². The molecule has 0 saturated heterocycles. The minimum Gasteiger partial charge on any atom is -0.484 e. The fourth-order valence-electron chi connectivity index (χ4n) is 2.63. The number of nitrogens with one attached hydrogen (secondary N) is 1. The third-order valence-corrected chi connectivity index (χ3v) is 5.22. The average molecular weight is 529 g/mol. The number of carbonyl (C=O) groups excluding carboxylic acids is 2. The van der Waals surface area contributed by atoms with E-state index in [0.717, 1.165) is 9.13 Å². The van der Waals surface area contributed by atoms with E-state index in [1.165, 1.54) is 4.90 Å². The van der Waals surface area contributed by atoms with E-state index in [4.69, 9.17) is 16.3 Å². The van der Waals surface area contributed by atoms with Crippen molar-refractivity contribution in [2.45, 2.75) is 33.4 Å². The van der Waals surface area contributed by atoms with Crippen molar-refractivity contribution in [3.8, 4) is 5.75 Å². The van der Waals surface area contributed by atoms with E-state index in [1.54, 1.807) is 19.1 Å². The number of nitrogens with zero attached hydrogens (tertiary/aromatic N) is 1. The smallest absolute Gasteiger partial charge is 0.261 e. The Hall–Kier alpha value is -1.80. The van der Waals surface area contributed by atoms with Gasteiger partial charge in [-0.25, -0.2) is 0 Å². The zero-order valence-corrected chi connectivity index (χ0v) is 19.7. The molecular weight excluding hydrogens is 503 g/mol. The molecule has 0 heterocycles. The highest BCUT2D eigenvalue weighted by Crippen LogP contribution is 2.17. The van der Waals surface area contributed by atoms with Crippen molar-refractivity contribution in [1.29, 1.82) is 0 Å². The fourth-order valence-corrected chi connectivity index (χ4v) is 3.20. The van der Waals surface area contributed by atoms with Gasteiger partial charge in [0.15, 0.2) is 6.61 Å². The second-order valence-corrected chi connectivity index (χ2v) is 8.89. The number of benzene rings is 2. The second kappa shape index (κ2) is 11.4. The predicted molar refractivity (Wildman–Crippen MR) is 124 cm³/mol. The van der Waals surface area contributed by atoms with Crippen molar-refractivity contribution in [2.75, 3.05) is 13.2 Å². The van der Waals surface area contributed by atoms with Crippen LogP contribution in [0.4, 0.5) is 0 Å². The van der Waals surface area contributed by atoms with Crippen LogP contribution in [0, 0.1) is 9.49 Å². The van der Waals surface area contributed by atoms with Gasteiger partial charge in [0.1, 0.15) is 11.8 Å². The molecule has 0 aliphatic heterocycles. The second-order valence-electron chi connectivity index (χ2n) is 7.21. The summed E-state index contributed by atoms with van der Waals surface area (Å²) >= 11 is 8.29. The summed E-state index contributed by atoms with van der Waals surface area (Å²) in [6.07, 6.45) is 0. The first-order valence-corrected chi connectivity index (χ1v) is 10.9. The Morgan fingerprint density at radius 1 is 1.14 bits per heavy atom. The monoisotopic (exact) mass is 528 g/mol. The van der Waals surface area contributed by atoms with Gasteiger partial charge in [-0.05, 0) is 77.4 Å². The quantitative estimate of drug-likeness (QED) is 0.487. The van der Waals surface area contributed by atoms with Crippen molar-refractivity contribution in [3.05, 3.63) is 62.7 Å². The van der Waals surface area contributed by atoms with Gasteiger partial charge in [0.05, 0.1) is 0 Å². The Morgan fingerprint density at radius 2 is 1.83 bits per heavy atom. The minimum atomic E-state index is -0.638. The molecule has 1 N–H and O–H groups in total. The van der Waals surface area contributed by atoms with Crippen molar-refractivity contribution in [1.82, 2.24) is 10.2 Å². The van der Waals surface area contributed by atoms with Gasteiger partial charge in [0, 0.05) is 21.7 Å². The van der Waals surface area contributed by atoms with Crippen LogP contribution in [-0.2, 0) is 16.1 Å². The number of carbonyl (C=O) groups is 2. The molecule has 0 aliphatic carbocycles. The molecule has 5 nitrogen and oxygen atoms in total. The normalized spacial score (nSPS) is 11.8. The van der Waals surface area contributed by atoms with Crippen LogP contribution in [0.25, 0.3) is 0 Å². The zero-order chi connectivity index (χ0) is 21.4. The Labute approximate surface area is 190 Å². The molecule has 1 atom stereocenters. The number of halogens is 2. The van der Waals surface area contributed by atoms with Gasteiger partial charge in [-0.2, -0.15) is 0 Å². The maximum absolute atomic E-state index is 12.9. The molecule has 1 unspecified atom stereocenters. The lowest BCUT2D eigenvalue weighted by Crippen LogP contribution is -2.49. The molecule has 2 amide bonds. The van der Waals surface area contributed by atoms with E-state index in [9.17, 15) is 9.59 Å². The highest BCUT2D eigenvalue weighted by Gasteiger charge is 2.26. The lowest BCUT2D eigenvalue weighted by Gasteiger charge is -2.29. The summed E-state index contributed by atoms with van der Waals surface area (Å²) < 4.78 is 6.72. The van der Waals surface area contributed by atoms with Crippen LogP contribution in [0.5, 0.6) is 5.75 Å². The molecule has 2 aromatic carbocycles. The molecule has 2 aromatic rings. The summed E-state index contributed by atoms with van der Waals surface area (Å²) in [5.41, 5.74) is 0.851. The third kappa shape index (κ3) is 7.85. The topological polar surface area (TPSA) is 58.6 Å². The van der Waals surface area contributed by atoms with Gasteiger partial charge in [0.2, 0.25) is 5.91 Å². The van der Waals surface area contributed by atoms with E-state index < -0.39 is 6.04 Å². The van der Waals surface area contributed by atoms with E-state index in [0.29, 0.717) is 23.2 Å². The molecule has 156 valence electrons. The summed E-state index contributed by atoms with van der Waals surface area (Å²) in [5, 5.41) is 3.48. The molecule has 0 bridgehead atoms. The third-order valence-electron chi connectivity index (χ3n) is 4.27. The number of amides is 2. The molecular formula is C22H26ClIN2O3. The molecule has 0 radical (unpaired) electrons. The molecule has 0 aromatic heterocycles. The van der Waals surface area contributed by atoms with Gasteiger partial charge in [-0.1, -0.05) is 37.6 Å². The zero-order valence-electron chi connectivity index (χ0n) is 16.8. The van der Waals surface area contributed by atoms with E-state index >= 15 is 0 Å². The minimum absolute atomic E-state index is 0.150. The number of ether oxygens (including phenoxy) is 1. The summed E-state index contributed by atoms with van der Waals surface area (Å²) in [5.74, 6) is 0.477. The predicted octanol–water partition coefficient (Wildman–Crippen LogP) is 4.51. The largest absolute Gasteiger partial charge is 0.484 e. The Bertz CT molecular complexity index is 827. The van der Waals surface area contributed by atoms with Crippen LogP contribution in [-0.4, -0.2) is 35.9 Å². The molecule has 0 saturated carbocycles. The van der Waals surface area contributed by atoms with E-state index in [1.807, 2.05) is 50.2 Å². The Kier molecular flexibility index (Phi) is 9.23. The maximum Gasteiger partial charge on any atom is 0.261 e. The van der Waals surface area contributed by atoms with E-state index in [2.05, 4.69) is 27.9 Å². The van der Waals surface area contributed by atoms with E-state index in [-0.39, 0.29) is 25.0 Å². The van der Waals surface area contributed by atoms with Crippen LogP contribution in [0.3, 0.4) is 0 Å². The maximum atomic E-state index is 12.9. The number of rotatable bonds is 9.